The van der Waals surface area contributed by atoms with E-state index in [2.05, 4.69) is 30.9 Å². The van der Waals surface area contributed by atoms with E-state index in [9.17, 15) is 4.79 Å². The minimum atomic E-state index is -1.01. The largest absolute Gasteiger partial charge is 0.478 e. The molecule has 92 valence electrons. The van der Waals surface area contributed by atoms with Crippen LogP contribution in [0.3, 0.4) is 0 Å². The van der Waals surface area contributed by atoms with Gasteiger partial charge in [0, 0.05) is 28.6 Å². The van der Waals surface area contributed by atoms with Gasteiger partial charge in [-0.2, -0.15) is 0 Å². The van der Waals surface area contributed by atoms with E-state index in [0.29, 0.717) is 17.9 Å². The molecule has 0 atom stereocenters. The Morgan fingerprint density at radius 3 is 2.78 bits per heavy atom. The molecule has 6 heteroatoms. The maximum absolute atomic E-state index is 11.0. The molecule has 0 aliphatic heterocycles. The summed E-state index contributed by atoms with van der Waals surface area (Å²) in [5.74, 6) is -0.531. The maximum Gasteiger partial charge on any atom is 0.339 e. The van der Waals surface area contributed by atoms with Crippen molar-refractivity contribution < 1.29 is 9.90 Å². The number of aromatic nitrogens is 3. The molecule has 0 saturated heterocycles. The molecule has 0 amide bonds. The zero-order chi connectivity index (χ0) is 13.1. The number of halogens is 1. The summed E-state index contributed by atoms with van der Waals surface area (Å²) in [7, 11) is 0. The van der Waals surface area contributed by atoms with E-state index in [1.165, 1.54) is 6.20 Å². The maximum atomic E-state index is 11.0. The Hall–Kier alpha value is -1.82. The van der Waals surface area contributed by atoms with Crippen molar-refractivity contribution >= 4 is 21.9 Å². The Morgan fingerprint density at radius 1 is 1.39 bits per heavy atom. The number of aromatic carboxylic acids is 1. The molecule has 5 nitrogen and oxygen atoms in total. The first-order valence-electron chi connectivity index (χ1n) is 5.32. The van der Waals surface area contributed by atoms with E-state index in [4.69, 9.17) is 5.11 Å². The van der Waals surface area contributed by atoms with Gasteiger partial charge in [-0.25, -0.2) is 14.8 Å². The Kier molecular flexibility index (Phi) is 3.66. The van der Waals surface area contributed by atoms with Gasteiger partial charge >= 0.3 is 5.97 Å². The van der Waals surface area contributed by atoms with Crippen LogP contribution in [-0.2, 0) is 6.42 Å². The number of nitrogens with zero attached hydrogens (tertiary/aromatic N) is 3. The summed E-state index contributed by atoms with van der Waals surface area (Å²) in [5.41, 5.74) is 1.41. The first-order valence-corrected chi connectivity index (χ1v) is 6.11. The van der Waals surface area contributed by atoms with E-state index >= 15 is 0 Å². The summed E-state index contributed by atoms with van der Waals surface area (Å²) < 4.78 is 0.823. The van der Waals surface area contributed by atoms with Crippen LogP contribution in [-0.4, -0.2) is 26.0 Å². The first-order chi connectivity index (χ1) is 8.61. The van der Waals surface area contributed by atoms with Gasteiger partial charge < -0.3 is 5.11 Å². The van der Waals surface area contributed by atoms with Crippen LogP contribution in [0.2, 0.25) is 0 Å². The molecule has 0 saturated carbocycles. The predicted octanol–water partition coefficient (Wildman–Crippen LogP) is 2.56. The van der Waals surface area contributed by atoms with Crippen LogP contribution in [0.5, 0.6) is 0 Å². The number of carboxylic acid groups (broad SMARTS) is 1. The standard InChI is InChI=1S/C12H10BrN3O2/c1-2-10-9(12(17)18)6-15-11(16-10)7-3-8(13)5-14-4-7/h3-6H,2H2,1H3,(H,17,18). The number of rotatable bonds is 3. The normalized spacial score (nSPS) is 10.3. The van der Waals surface area contributed by atoms with Gasteiger partial charge in [-0.1, -0.05) is 6.92 Å². The van der Waals surface area contributed by atoms with Crippen molar-refractivity contribution in [1.29, 1.82) is 0 Å². The van der Waals surface area contributed by atoms with Gasteiger partial charge in [0.15, 0.2) is 5.82 Å². The molecular formula is C12H10BrN3O2. The van der Waals surface area contributed by atoms with Crippen LogP contribution in [0.15, 0.2) is 29.1 Å². The topological polar surface area (TPSA) is 76.0 Å². The van der Waals surface area contributed by atoms with Gasteiger partial charge in [0.25, 0.3) is 0 Å². The van der Waals surface area contributed by atoms with Crippen LogP contribution >= 0.6 is 15.9 Å². The van der Waals surface area contributed by atoms with E-state index in [1.54, 1.807) is 12.4 Å². The Labute approximate surface area is 112 Å². The summed E-state index contributed by atoms with van der Waals surface area (Å²) in [6, 6.07) is 1.84. The van der Waals surface area contributed by atoms with Gasteiger partial charge in [-0.05, 0) is 28.4 Å². The Balaban J connectivity index is 2.51. The van der Waals surface area contributed by atoms with Crippen LogP contribution in [0, 0.1) is 0 Å². The molecule has 0 fully saturated rings. The molecule has 0 aliphatic rings. The van der Waals surface area contributed by atoms with Gasteiger partial charge in [0.05, 0.1) is 11.3 Å². The number of carbonyl (C=O) groups is 1. The average Bonchev–Trinajstić information content (AvgIpc) is 2.37. The van der Waals surface area contributed by atoms with E-state index < -0.39 is 5.97 Å². The van der Waals surface area contributed by atoms with Crippen molar-refractivity contribution in [2.75, 3.05) is 0 Å². The average molecular weight is 308 g/mol. The minimum absolute atomic E-state index is 0.143. The highest BCUT2D eigenvalue weighted by molar-refractivity contribution is 9.10. The SMILES string of the molecule is CCc1nc(-c2cncc(Br)c2)ncc1C(=O)O. The molecule has 0 aliphatic carbocycles. The van der Waals surface area contributed by atoms with E-state index in [0.717, 1.165) is 10.0 Å². The van der Waals surface area contributed by atoms with Gasteiger partial charge in [-0.15, -0.1) is 0 Å². The lowest BCUT2D eigenvalue weighted by Gasteiger charge is -2.05. The fraction of sp³-hybridized carbons (Fsp3) is 0.167. The van der Waals surface area contributed by atoms with Crippen molar-refractivity contribution in [1.82, 2.24) is 15.0 Å². The fourth-order valence-electron chi connectivity index (χ4n) is 1.54. The second kappa shape index (κ2) is 5.22. The highest BCUT2D eigenvalue weighted by atomic mass is 79.9. The third-order valence-corrected chi connectivity index (χ3v) is 2.83. The summed E-state index contributed by atoms with van der Waals surface area (Å²) >= 11 is 3.32. The van der Waals surface area contributed by atoms with Crippen molar-refractivity contribution in [3.05, 3.63) is 40.4 Å². The zero-order valence-corrected chi connectivity index (χ0v) is 11.2. The highest BCUT2D eigenvalue weighted by Gasteiger charge is 2.13. The van der Waals surface area contributed by atoms with Crippen LogP contribution < -0.4 is 0 Å². The van der Waals surface area contributed by atoms with Gasteiger partial charge in [0.1, 0.15) is 0 Å². The van der Waals surface area contributed by atoms with Crippen LogP contribution in [0.25, 0.3) is 11.4 Å². The van der Waals surface area contributed by atoms with Crippen molar-refractivity contribution in [2.45, 2.75) is 13.3 Å². The van der Waals surface area contributed by atoms with Gasteiger partial charge in [-0.3, -0.25) is 4.98 Å². The molecule has 18 heavy (non-hydrogen) atoms. The van der Waals surface area contributed by atoms with Crippen molar-refractivity contribution in [2.24, 2.45) is 0 Å². The summed E-state index contributed by atoms with van der Waals surface area (Å²) in [5, 5.41) is 9.00. The molecule has 1 N–H and O–H groups in total. The molecule has 0 bridgehead atoms. The number of pyridine rings is 1. The molecule has 0 radical (unpaired) electrons. The summed E-state index contributed by atoms with van der Waals surface area (Å²) in [6.07, 6.45) is 5.18. The Bertz CT molecular complexity index is 602. The summed E-state index contributed by atoms with van der Waals surface area (Å²) in [6.45, 7) is 1.86. The monoisotopic (exact) mass is 307 g/mol. The minimum Gasteiger partial charge on any atom is -0.478 e. The van der Waals surface area contributed by atoms with E-state index in [1.807, 2.05) is 13.0 Å². The molecule has 2 rings (SSSR count). The predicted molar refractivity (Wildman–Crippen MR) is 69.3 cm³/mol. The Morgan fingerprint density at radius 2 is 2.17 bits per heavy atom. The molecule has 2 aromatic heterocycles. The number of carboxylic acids is 1. The quantitative estimate of drug-likeness (QED) is 0.943. The second-order valence-corrected chi connectivity index (χ2v) is 4.52. The summed E-state index contributed by atoms with van der Waals surface area (Å²) in [4.78, 5) is 23.4. The lowest BCUT2D eigenvalue weighted by molar-refractivity contribution is 0.0694. The molecule has 0 aromatic carbocycles. The number of hydrogen-bond acceptors (Lipinski definition) is 4. The lowest BCUT2D eigenvalue weighted by atomic mass is 10.2. The molecule has 0 spiro atoms. The van der Waals surface area contributed by atoms with Crippen LogP contribution in [0.4, 0.5) is 0 Å². The smallest absolute Gasteiger partial charge is 0.339 e. The van der Waals surface area contributed by atoms with Gasteiger partial charge in [0.2, 0.25) is 0 Å². The van der Waals surface area contributed by atoms with Crippen molar-refractivity contribution in [3.63, 3.8) is 0 Å². The van der Waals surface area contributed by atoms with Crippen LogP contribution in [0.1, 0.15) is 23.0 Å². The third-order valence-electron chi connectivity index (χ3n) is 2.40. The van der Waals surface area contributed by atoms with E-state index in [-0.39, 0.29) is 5.56 Å². The molecule has 2 heterocycles. The lowest BCUT2D eigenvalue weighted by Crippen LogP contribution is -2.06. The number of aryl methyl sites for hydroxylation is 1. The number of hydrogen-bond donors (Lipinski definition) is 1. The molecule has 0 unspecified atom stereocenters. The highest BCUT2D eigenvalue weighted by Crippen LogP contribution is 2.19. The second-order valence-electron chi connectivity index (χ2n) is 3.60. The molecular weight excluding hydrogens is 298 g/mol. The first kappa shape index (κ1) is 12.6. The van der Waals surface area contributed by atoms with Crippen molar-refractivity contribution in [3.8, 4) is 11.4 Å². The fourth-order valence-corrected chi connectivity index (χ4v) is 1.90. The third kappa shape index (κ3) is 2.53. The zero-order valence-electron chi connectivity index (χ0n) is 9.59. The molecule has 2 aromatic rings.